The molecule has 0 aliphatic carbocycles. The maximum atomic E-state index is 12.4. The predicted molar refractivity (Wildman–Crippen MR) is 104 cm³/mol. The van der Waals surface area contributed by atoms with E-state index in [1.54, 1.807) is 54.6 Å². The molecule has 3 rings (SSSR count). The van der Waals surface area contributed by atoms with Crippen LogP contribution in [0.2, 0.25) is 0 Å². The molecule has 3 aromatic rings. The molecule has 0 aromatic heterocycles. The summed E-state index contributed by atoms with van der Waals surface area (Å²) >= 11 is 0. The van der Waals surface area contributed by atoms with Gasteiger partial charge in [0.05, 0.1) is 10.5 Å². The zero-order chi connectivity index (χ0) is 19.9. The Morgan fingerprint density at radius 2 is 1.54 bits per heavy atom. The summed E-state index contributed by atoms with van der Waals surface area (Å²) in [6.07, 6.45) is 2.96. The number of non-ortho nitro benzene ring substituents is 1. The topological polar surface area (TPSA) is 86.5 Å². The maximum absolute atomic E-state index is 12.4. The average molecular weight is 373 g/mol. The second kappa shape index (κ2) is 8.55. The Balaban J connectivity index is 1.80. The fraction of sp³-hybridized carbons (Fsp3) is 0. The molecule has 138 valence electrons. The lowest BCUT2D eigenvalue weighted by Crippen LogP contribution is -2.09. The van der Waals surface area contributed by atoms with Gasteiger partial charge in [0, 0.05) is 23.3 Å². The van der Waals surface area contributed by atoms with Gasteiger partial charge in [-0.1, -0.05) is 54.6 Å². The van der Waals surface area contributed by atoms with Crippen molar-refractivity contribution in [2.75, 3.05) is 0 Å². The van der Waals surface area contributed by atoms with E-state index in [9.17, 15) is 19.7 Å². The number of rotatable bonds is 6. The minimum Gasteiger partial charge on any atom is -0.422 e. The van der Waals surface area contributed by atoms with Crippen LogP contribution in [0.4, 0.5) is 5.69 Å². The Morgan fingerprint density at radius 3 is 2.29 bits per heavy atom. The molecule has 0 amide bonds. The summed E-state index contributed by atoms with van der Waals surface area (Å²) < 4.78 is 5.38. The molecular weight excluding hydrogens is 358 g/mol. The minimum atomic E-state index is -0.723. The van der Waals surface area contributed by atoms with Crippen molar-refractivity contribution in [1.82, 2.24) is 0 Å². The molecule has 0 heterocycles. The van der Waals surface area contributed by atoms with Gasteiger partial charge in [0.15, 0.2) is 5.78 Å². The highest BCUT2D eigenvalue weighted by Gasteiger charge is 2.14. The Labute approximate surface area is 160 Å². The second-order valence-corrected chi connectivity index (χ2v) is 5.80. The molecule has 0 aliphatic rings. The third-order valence-corrected chi connectivity index (χ3v) is 3.89. The molecule has 0 atom stereocenters. The number of ketones is 1. The quantitative estimate of drug-likeness (QED) is 0.156. The van der Waals surface area contributed by atoms with Crippen molar-refractivity contribution in [3.8, 4) is 5.75 Å². The SMILES string of the molecule is O=C(/C=C/c1ccccc1OC(=O)c1cccc([N+](=O)[O-])c1)c1ccccc1. The number of hydrogen-bond donors (Lipinski definition) is 0. The minimum absolute atomic E-state index is 0.0633. The van der Waals surface area contributed by atoms with E-state index < -0.39 is 10.9 Å². The van der Waals surface area contributed by atoms with Crippen LogP contribution in [0.25, 0.3) is 6.08 Å². The van der Waals surface area contributed by atoms with Crippen LogP contribution >= 0.6 is 0 Å². The lowest BCUT2D eigenvalue weighted by atomic mass is 10.1. The number of nitro benzene ring substituents is 1. The highest BCUT2D eigenvalue weighted by molar-refractivity contribution is 6.07. The van der Waals surface area contributed by atoms with Crippen LogP contribution in [0.15, 0.2) is 84.9 Å². The van der Waals surface area contributed by atoms with Gasteiger partial charge in [0.25, 0.3) is 5.69 Å². The van der Waals surface area contributed by atoms with E-state index in [-0.39, 0.29) is 22.8 Å². The van der Waals surface area contributed by atoms with Crippen LogP contribution in [0, 0.1) is 10.1 Å². The third-order valence-electron chi connectivity index (χ3n) is 3.89. The van der Waals surface area contributed by atoms with E-state index >= 15 is 0 Å². The number of nitrogens with zero attached hydrogens (tertiary/aromatic N) is 1. The number of allylic oxidation sites excluding steroid dienone is 1. The van der Waals surface area contributed by atoms with Gasteiger partial charge in [-0.25, -0.2) is 4.79 Å². The van der Waals surface area contributed by atoms with Crippen molar-refractivity contribution in [2.24, 2.45) is 0 Å². The fourth-order valence-corrected chi connectivity index (χ4v) is 2.48. The van der Waals surface area contributed by atoms with Crippen molar-refractivity contribution in [3.05, 3.63) is 112 Å². The van der Waals surface area contributed by atoms with E-state index in [0.717, 1.165) is 6.07 Å². The Morgan fingerprint density at radius 1 is 0.857 bits per heavy atom. The number of nitro groups is 1. The average Bonchev–Trinajstić information content (AvgIpc) is 2.73. The third kappa shape index (κ3) is 4.56. The number of benzene rings is 3. The zero-order valence-corrected chi connectivity index (χ0v) is 14.6. The summed E-state index contributed by atoms with van der Waals surface area (Å²) in [4.78, 5) is 34.9. The highest BCUT2D eigenvalue weighted by Crippen LogP contribution is 2.22. The summed E-state index contributed by atoms with van der Waals surface area (Å²) in [5.41, 5.74) is 0.944. The van der Waals surface area contributed by atoms with E-state index in [2.05, 4.69) is 0 Å². The first-order valence-electron chi connectivity index (χ1n) is 8.38. The van der Waals surface area contributed by atoms with E-state index in [1.165, 1.54) is 24.3 Å². The van der Waals surface area contributed by atoms with Gasteiger partial charge in [-0.05, 0) is 24.3 Å². The largest absolute Gasteiger partial charge is 0.422 e. The van der Waals surface area contributed by atoms with Gasteiger partial charge in [-0.3, -0.25) is 14.9 Å². The molecular formula is C22H15NO5. The van der Waals surface area contributed by atoms with Crippen molar-refractivity contribution in [1.29, 1.82) is 0 Å². The Kier molecular flexibility index (Phi) is 5.72. The first kappa shape index (κ1) is 18.7. The summed E-state index contributed by atoms with van der Waals surface area (Å²) in [5, 5.41) is 10.9. The van der Waals surface area contributed by atoms with Gasteiger partial charge in [0.2, 0.25) is 0 Å². The van der Waals surface area contributed by atoms with Gasteiger partial charge in [0.1, 0.15) is 5.75 Å². The van der Waals surface area contributed by atoms with Crippen LogP contribution in [0.5, 0.6) is 5.75 Å². The first-order chi connectivity index (χ1) is 13.5. The number of para-hydroxylation sites is 1. The molecule has 0 saturated carbocycles. The van der Waals surface area contributed by atoms with Crippen LogP contribution in [0.1, 0.15) is 26.3 Å². The van der Waals surface area contributed by atoms with E-state index in [1.807, 2.05) is 6.07 Å². The normalized spacial score (nSPS) is 10.6. The van der Waals surface area contributed by atoms with Gasteiger partial charge in [-0.2, -0.15) is 0 Å². The van der Waals surface area contributed by atoms with Crippen molar-refractivity contribution < 1.29 is 19.2 Å². The molecule has 6 heteroatoms. The standard InChI is InChI=1S/C22H15NO5/c24-20(16-7-2-1-3-8-16)14-13-17-9-4-5-12-21(17)28-22(25)18-10-6-11-19(15-18)23(26)27/h1-15H/b14-13+. The number of hydrogen-bond acceptors (Lipinski definition) is 5. The summed E-state index contributed by atoms with van der Waals surface area (Å²) in [7, 11) is 0. The second-order valence-electron chi connectivity index (χ2n) is 5.80. The lowest BCUT2D eigenvalue weighted by molar-refractivity contribution is -0.384. The van der Waals surface area contributed by atoms with Crippen molar-refractivity contribution in [3.63, 3.8) is 0 Å². The molecule has 0 radical (unpaired) electrons. The molecule has 28 heavy (non-hydrogen) atoms. The molecule has 0 N–H and O–H groups in total. The fourth-order valence-electron chi connectivity index (χ4n) is 2.48. The van der Waals surface area contributed by atoms with Crippen LogP contribution in [-0.4, -0.2) is 16.7 Å². The lowest BCUT2D eigenvalue weighted by Gasteiger charge is -2.07. The molecule has 0 aliphatic heterocycles. The zero-order valence-electron chi connectivity index (χ0n) is 14.6. The van der Waals surface area contributed by atoms with Gasteiger partial charge < -0.3 is 4.74 Å². The van der Waals surface area contributed by atoms with Crippen LogP contribution < -0.4 is 4.74 Å². The smallest absolute Gasteiger partial charge is 0.343 e. The van der Waals surface area contributed by atoms with Gasteiger partial charge >= 0.3 is 5.97 Å². The molecule has 0 unspecified atom stereocenters. The number of ether oxygens (including phenoxy) is 1. The van der Waals surface area contributed by atoms with E-state index in [4.69, 9.17) is 4.74 Å². The number of esters is 1. The van der Waals surface area contributed by atoms with E-state index in [0.29, 0.717) is 11.1 Å². The number of carbonyl (C=O) groups is 2. The summed E-state index contributed by atoms with van der Waals surface area (Å²) in [6, 6.07) is 20.8. The molecule has 0 fully saturated rings. The van der Waals surface area contributed by atoms with Crippen molar-refractivity contribution >= 4 is 23.5 Å². The van der Waals surface area contributed by atoms with Crippen LogP contribution in [0.3, 0.4) is 0 Å². The highest BCUT2D eigenvalue weighted by atomic mass is 16.6. The molecule has 0 spiro atoms. The summed E-state index contributed by atoms with van der Waals surface area (Å²) in [6.45, 7) is 0. The number of carbonyl (C=O) groups excluding carboxylic acids is 2. The predicted octanol–water partition coefficient (Wildman–Crippen LogP) is 4.71. The van der Waals surface area contributed by atoms with Crippen molar-refractivity contribution in [2.45, 2.75) is 0 Å². The monoisotopic (exact) mass is 373 g/mol. The summed E-state index contributed by atoms with van der Waals surface area (Å²) in [5.74, 6) is -0.657. The molecule has 6 nitrogen and oxygen atoms in total. The Bertz CT molecular complexity index is 1060. The first-order valence-corrected chi connectivity index (χ1v) is 8.38. The maximum Gasteiger partial charge on any atom is 0.343 e. The van der Waals surface area contributed by atoms with Crippen LogP contribution in [-0.2, 0) is 0 Å². The Hall–Kier alpha value is -4.06. The molecule has 0 saturated heterocycles. The molecule has 3 aromatic carbocycles. The van der Waals surface area contributed by atoms with Gasteiger partial charge in [-0.15, -0.1) is 0 Å². The molecule has 0 bridgehead atoms.